The van der Waals surface area contributed by atoms with Gasteiger partial charge >= 0.3 is 0 Å². The smallest absolute Gasteiger partial charge is 0.295 e. The van der Waals surface area contributed by atoms with Gasteiger partial charge in [-0.2, -0.15) is 0 Å². The molecule has 0 fully saturated rings. The van der Waals surface area contributed by atoms with Crippen LogP contribution < -0.4 is 19.8 Å². The van der Waals surface area contributed by atoms with E-state index in [0.717, 1.165) is 0 Å². The van der Waals surface area contributed by atoms with Crippen molar-refractivity contribution < 1.29 is 18.7 Å². The molecule has 0 N–H and O–H groups in total. The van der Waals surface area contributed by atoms with E-state index in [2.05, 4.69) is 0 Å². The number of methoxy groups -OCH3 is 2. The van der Waals surface area contributed by atoms with E-state index in [1.54, 1.807) is 73.8 Å². The standard InChI is InChI=1S/C25H18ClNO5/c1-30-19-11-10-14(12-20(19)31-2)22-21-23(28)17-8-3-4-9-18(17)32-24(21)25(29)27(22)16-7-5-6-15(26)13-16/h3-13,22H,1-2H3. The Hall–Kier alpha value is -3.77. The zero-order valence-electron chi connectivity index (χ0n) is 17.3. The lowest BCUT2D eigenvalue weighted by Crippen LogP contribution is -2.29. The molecule has 1 aliphatic rings. The second kappa shape index (κ2) is 7.73. The van der Waals surface area contributed by atoms with Crippen molar-refractivity contribution >= 4 is 34.2 Å². The van der Waals surface area contributed by atoms with Crippen LogP contribution >= 0.6 is 11.6 Å². The topological polar surface area (TPSA) is 69.0 Å². The van der Waals surface area contributed by atoms with Crippen LogP contribution in [0.4, 0.5) is 5.69 Å². The first-order chi connectivity index (χ1) is 15.5. The lowest BCUT2D eigenvalue weighted by atomic mass is 9.97. The molecule has 1 aromatic heterocycles. The maximum atomic E-state index is 13.6. The first kappa shape index (κ1) is 20.2. The average Bonchev–Trinajstić information content (AvgIpc) is 3.11. The van der Waals surface area contributed by atoms with Gasteiger partial charge in [0.1, 0.15) is 5.58 Å². The summed E-state index contributed by atoms with van der Waals surface area (Å²) in [6.07, 6.45) is 0. The maximum Gasteiger partial charge on any atom is 0.295 e. The van der Waals surface area contributed by atoms with Gasteiger partial charge in [0.15, 0.2) is 16.9 Å². The number of hydrogen-bond acceptors (Lipinski definition) is 5. The normalized spacial score (nSPS) is 15.2. The van der Waals surface area contributed by atoms with Gasteiger partial charge < -0.3 is 13.9 Å². The molecule has 0 saturated carbocycles. The van der Waals surface area contributed by atoms with Gasteiger partial charge in [-0.1, -0.05) is 35.9 Å². The molecule has 1 aliphatic heterocycles. The fourth-order valence-corrected chi connectivity index (χ4v) is 4.33. The molecule has 4 aromatic rings. The van der Waals surface area contributed by atoms with Crippen molar-refractivity contribution in [2.24, 2.45) is 0 Å². The highest BCUT2D eigenvalue weighted by molar-refractivity contribution is 6.31. The number of anilines is 1. The molecule has 2 heterocycles. The summed E-state index contributed by atoms with van der Waals surface area (Å²) in [4.78, 5) is 28.6. The van der Waals surface area contributed by atoms with Crippen molar-refractivity contribution in [3.8, 4) is 11.5 Å². The highest BCUT2D eigenvalue weighted by Gasteiger charge is 2.44. The minimum atomic E-state index is -0.725. The zero-order valence-corrected chi connectivity index (χ0v) is 18.1. The molecular weight excluding hydrogens is 430 g/mol. The van der Waals surface area contributed by atoms with Gasteiger partial charge in [0.2, 0.25) is 5.76 Å². The number of ether oxygens (including phenoxy) is 2. The Balaban J connectivity index is 1.81. The number of carbonyl (C=O) groups excluding carboxylic acids is 1. The molecule has 1 atom stereocenters. The van der Waals surface area contributed by atoms with E-state index in [9.17, 15) is 9.59 Å². The van der Waals surface area contributed by atoms with Crippen molar-refractivity contribution in [3.05, 3.63) is 98.9 Å². The molecule has 0 saturated heterocycles. The van der Waals surface area contributed by atoms with Crippen LogP contribution in [0.25, 0.3) is 11.0 Å². The van der Waals surface area contributed by atoms with Crippen molar-refractivity contribution in [2.45, 2.75) is 6.04 Å². The van der Waals surface area contributed by atoms with Gasteiger partial charge in [-0.05, 0) is 48.0 Å². The molecule has 160 valence electrons. The number of rotatable bonds is 4. The quantitative estimate of drug-likeness (QED) is 0.429. The Morgan fingerprint density at radius 1 is 0.906 bits per heavy atom. The number of halogens is 1. The van der Waals surface area contributed by atoms with Crippen molar-refractivity contribution in [2.75, 3.05) is 19.1 Å². The largest absolute Gasteiger partial charge is 0.493 e. The van der Waals surface area contributed by atoms with Crippen LogP contribution in [0.2, 0.25) is 5.02 Å². The fraction of sp³-hybridized carbons (Fsp3) is 0.120. The van der Waals surface area contributed by atoms with Crippen LogP contribution in [0.5, 0.6) is 11.5 Å². The highest BCUT2D eigenvalue weighted by Crippen LogP contribution is 2.43. The summed E-state index contributed by atoms with van der Waals surface area (Å²) < 4.78 is 16.8. The number of carbonyl (C=O) groups is 1. The molecule has 5 rings (SSSR count). The summed E-state index contributed by atoms with van der Waals surface area (Å²) in [5, 5.41) is 0.888. The SMILES string of the molecule is COc1ccc(C2c3c(oc4ccccc4c3=O)C(=O)N2c2cccc(Cl)c2)cc1OC. The minimum absolute atomic E-state index is 0.0217. The summed E-state index contributed by atoms with van der Waals surface area (Å²) in [6, 6.07) is 18.4. The molecule has 3 aromatic carbocycles. The number of amides is 1. The molecule has 0 aliphatic carbocycles. The summed E-state index contributed by atoms with van der Waals surface area (Å²) in [7, 11) is 3.08. The first-order valence-electron chi connectivity index (χ1n) is 9.90. The summed E-state index contributed by atoms with van der Waals surface area (Å²) >= 11 is 6.22. The van der Waals surface area contributed by atoms with Crippen LogP contribution in [0.3, 0.4) is 0 Å². The Kier molecular flexibility index (Phi) is 4.87. The zero-order chi connectivity index (χ0) is 22.4. The van der Waals surface area contributed by atoms with E-state index in [4.69, 9.17) is 25.5 Å². The molecule has 1 amide bonds. The Labute approximate surface area is 188 Å². The molecule has 0 bridgehead atoms. The van der Waals surface area contributed by atoms with Gasteiger partial charge in [0, 0.05) is 10.7 Å². The average molecular weight is 448 g/mol. The first-order valence-corrected chi connectivity index (χ1v) is 10.3. The van der Waals surface area contributed by atoms with Gasteiger partial charge in [0.05, 0.1) is 31.2 Å². The third-order valence-corrected chi connectivity index (χ3v) is 5.82. The van der Waals surface area contributed by atoms with Crippen LogP contribution in [0, 0.1) is 0 Å². The predicted molar refractivity (Wildman–Crippen MR) is 122 cm³/mol. The molecule has 0 spiro atoms. The van der Waals surface area contributed by atoms with Gasteiger partial charge in [-0.25, -0.2) is 0 Å². The fourth-order valence-electron chi connectivity index (χ4n) is 4.15. The number of hydrogen-bond donors (Lipinski definition) is 0. The molecule has 1 unspecified atom stereocenters. The second-order valence-electron chi connectivity index (χ2n) is 7.34. The predicted octanol–water partition coefficient (Wildman–Crippen LogP) is 5.21. The Morgan fingerprint density at radius 3 is 2.44 bits per heavy atom. The van der Waals surface area contributed by atoms with Crippen LogP contribution in [0.15, 0.2) is 75.9 Å². The second-order valence-corrected chi connectivity index (χ2v) is 7.78. The summed E-state index contributed by atoms with van der Waals surface area (Å²) in [5.74, 6) is 0.640. The summed E-state index contributed by atoms with van der Waals surface area (Å²) in [5.41, 5.74) is 1.62. The number of fused-ring (bicyclic) bond motifs is 2. The number of benzene rings is 3. The Morgan fingerprint density at radius 2 is 1.69 bits per heavy atom. The maximum absolute atomic E-state index is 13.6. The van der Waals surface area contributed by atoms with Crippen molar-refractivity contribution in [1.29, 1.82) is 0 Å². The lowest BCUT2D eigenvalue weighted by Gasteiger charge is -2.26. The van der Waals surface area contributed by atoms with Crippen molar-refractivity contribution in [1.82, 2.24) is 0 Å². The van der Waals surface area contributed by atoms with Crippen LogP contribution in [-0.2, 0) is 0 Å². The van der Waals surface area contributed by atoms with Gasteiger partial charge in [0.25, 0.3) is 5.91 Å². The third-order valence-electron chi connectivity index (χ3n) is 5.59. The molecular formula is C25H18ClNO5. The molecule has 7 heteroatoms. The van der Waals surface area contributed by atoms with E-state index < -0.39 is 11.9 Å². The van der Waals surface area contributed by atoms with Gasteiger partial charge in [-0.3, -0.25) is 14.5 Å². The van der Waals surface area contributed by atoms with E-state index in [1.807, 2.05) is 0 Å². The molecule has 32 heavy (non-hydrogen) atoms. The monoisotopic (exact) mass is 447 g/mol. The van der Waals surface area contributed by atoms with Crippen LogP contribution in [0.1, 0.15) is 27.7 Å². The number of nitrogens with zero attached hydrogens (tertiary/aromatic N) is 1. The molecule has 6 nitrogen and oxygen atoms in total. The Bertz CT molecular complexity index is 1430. The van der Waals surface area contributed by atoms with Gasteiger partial charge in [-0.15, -0.1) is 0 Å². The lowest BCUT2D eigenvalue weighted by molar-refractivity contribution is 0.0971. The van der Waals surface area contributed by atoms with Crippen molar-refractivity contribution in [3.63, 3.8) is 0 Å². The van der Waals surface area contributed by atoms with E-state index >= 15 is 0 Å². The van der Waals surface area contributed by atoms with Crippen LogP contribution in [-0.4, -0.2) is 20.1 Å². The minimum Gasteiger partial charge on any atom is -0.493 e. The number of para-hydroxylation sites is 1. The third kappa shape index (κ3) is 3.03. The molecule has 0 radical (unpaired) electrons. The summed E-state index contributed by atoms with van der Waals surface area (Å²) in [6.45, 7) is 0. The van der Waals surface area contributed by atoms with E-state index in [-0.39, 0.29) is 16.8 Å². The van der Waals surface area contributed by atoms with E-state index in [0.29, 0.717) is 38.7 Å². The van der Waals surface area contributed by atoms with E-state index in [1.165, 1.54) is 12.0 Å². The highest BCUT2D eigenvalue weighted by atomic mass is 35.5.